The molecule has 2 heterocycles. The van der Waals surface area contributed by atoms with Gasteiger partial charge in [-0.3, -0.25) is 0 Å². The number of carboxylic acids is 1. The average Bonchev–Trinajstić information content (AvgIpc) is 2.90. The number of likely N-dealkylation sites (N-methyl/N-ethyl adjacent to an activating group) is 1. The first-order valence-corrected chi connectivity index (χ1v) is 9.12. The molecule has 0 radical (unpaired) electrons. The van der Waals surface area contributed by atoms with Crippen LogP contribution in [0.5, 0.6) is 0 Å². The van der Waals surface area contributed by atoms with E-state index in [2.05, 4.69) is 18.0 Å². The fourth-order valence-electron chi connectivity index (χ4n) is 3.96. The van der Waals surface area contributed by atoms with E-state index in [9.17, 15) is 9.90 Å². The van der Waals surface area contributed by atoms with E-state index in [0.29, 0.717) is 10.8 Å². The van der Waals surface area contributed by atoms with Gasteiger partial charge >= 0.3 is 5.97 Å². The highest BCUT2D eigenvalue weighted by atomic mass is 32.1. The molecule has 1 saturated carbocycles. The van der Waals surface area contributed by atoms with Crippen LogP contribution in [-0.2, 0) is 0 Å². The number of hydrogen-bond donors (Lipinski definition) is 1. The Kier molecular flexibility index (Phi) is 4.69. The summed E-state index contributed by atoms with van der Waals surface area (Å²) in [5.41, 5.74) is 3.86. The van der Waals surface area contributed by atoms with Gasteiger partial charge in [-0.1, -0.05) is 19.3 Å². The normalized spacial score (nSPS) is 21.4. The lowest BCUT2D eigenvalue weighted by molar-refractivity contribution is 0.0702. The Morgan fingerprint density at radius 1 is 1.32 bits per heavy atom. The van der Waals surface area contributed by atoms with Crippen molar-refractivity contribution in [3.8, 4) is 0 Å². The molecule has 4 heteroatoms. The molecule has 0 unspecified atom stereocenters. The zero-order chi connectivity index (χ0) is 15.7. The van der Waals surface area contributed by atoms with Crippen molar-refractivity contribution in [3.63, 3.8) is 0 Å². The van der Waals surface area contributed by atoms with Crippen LogP contribution in [0, 0.1) is 12.8 Å². The van der Waals surface area contributed by atoms with Crippen LogP contribution >= 0.6 is 11.3 Å². The number of rotatable bonds is 3. The monoisotopic (exact) mass is 319 g/mol. The molecule has 0 atom stereocenters. The smallest absolute Gasteiger partial charge is 0.346 e. The number of aromatic carboxylic acids is 1. The van der Waals surface area contributed by atoms with Crippen molar-refractivity contribution >= 4 is 22.9 Å². The van der Waals surface area contributed by atoms with Gasteiger partial charge in [0, 0.05) is 23.5 Å². The van der Waals surface area contributed by atoms with Gasteiger partial charge in [-0.05, 0) is 56.4 Å². The first-order valence-electron chi connectivity index (χ1n) is 8.31. The number of thiophene rings is 1. The molecule has 0 spiro atoms. The fraction of sp³-hybridized carbons (Fsp3) is 0.611. The maximum atomic E-state index is 11.6. The zero-order valence-electron chi connectivity index (χ0n) is 13.5. The molecule has 120 valence electrons. The molecule has 0 aromatic carbocycles. The van der Waals surface area contributed by atoms with Crippen LogP contribution in [0.25, 0.3) is 5.57 Å². The summed E-state index contributed by atoms with van der Waals surface area (Å²) in [5.74, 6) is -0.115. The molecule has 1 aliphatic heterocycles. The quantitative estimate of drug-likeness (QED) is 0.896. The second kappa shape index (κ2) is 6.55. The Bertz CT molecular complexity index is 596. The van der Waals surface area contributed by atoms with Crippen molar-refractivity contribution < 1.29 is 9.90 Å². The third-order valence-electron chi connectivity index (χ3n) is 5.04. The number of carbonyl (C=O) groups is 1. The number of nitrogens with zero attached hydrogens (tertiary/aromatic N) is 1. The Hall–Kier alpha value is -1.13. The standard InChI is InChI=1S/C18H25NO2S/c1-12-10-15(17(22-12)18(20)21)14-8-9-19(2)11-16(14)13-6-4-3-5-7-13/h10,13H,3-9,11H2,1-2H3,(H,20,21). The highest BCUT2D eigenvalue weighted by molar-refractivity contribution is 7.14. The van der Waals surface area contributed by atoms with Crippen molar-refractivity contribution in [1.82, 2.24) is 4.90 Å². The second-order valence-corrected chi connectivity index (χ2v) is 7.99. The first-order chi connectivity index (χ1) is 10.6. The lowest BCUT2D eigenvalue weighted by Crippen LogP contribution is -2.31. The predicted molar refractivity (Wildman–Crippen MR) is 91.6 cm³/mol. The lowest BCUT2D eigenvalue weighted by Gasteiger charge is -2.34. The molecule has 3 rings (SSSR count). The summed E-state index contributed by atoms with van der Waals surface area (Å²) in [5, 5.41) is 9.54. The highest BCUT2D eigenvalue weighted by Gasteiger charge is 2.28. The second-order valence-electron chi connectivity index (χ2n) is 6.73. The van der Waals surface area contributed by atoms with Gasteiger partial charge in [0.1, 0.15) is 4.88 Å². The minimum Gasteiger partial charge on any atom is -0.477 e. The van der Waals surface area contributed by atoms with Crippen molar-refractivity contribution in [2.75, 3.05) is 20.1 Å². The van der Waals surface area contributed by atoms with Crippen LogP contribution in [0.4, 0.5) is 0 Å². The van der Waals surface area contributed by atoms with Crippen molar-refractivity contribution in [1.29, 1.82) is 0 Å². The van der Waals surface area contributed by atoms with E-state index in [-0.39, 0.29) is 0 Å². The SMILES string of the molecule is Cc1cc(C2=C(C3CCCCC3)CN(C)CC2)c(C(=O)O)s1. The van der Waals surface area contributed by atoms with Gasteiger partial charge in [0.05, 0.1) is 0 Å². The molecule has 0 saturated heterocycles. The molecule has 22 heavy (non-hydrogen) atoms. The minimum absolute atomic E-state index is 0.533. The molecular weight excluding hydrogens is 294 g/mol. The molecule has 1 aliphatic carbocycles. The van der Waals surface area contributed by atoms with Gasteiger partial charge in [-0.25, -0.2) is 4.79 Å². The summed E-state index contributed by atoms with van der Waals surface area (Å²) in [6, 6.07) is 2.09. The summed E-state index contributed by atoms with van der Waals surface area (Å²) in [6.07, 6.45) is 7.53. The van der Waals surface area contributed by atoms with Gasteiger partial charge in [0.25, 0.3) is 0 Å². The Labute approximate surface area is 136 Å². The van der Waals surface area contributed by atoms with Crippen LogP contribution in [-0.4, -0.2) is 36.1 Å². The zero-order valence-corrected chi connectivity index (χ0v) is 14.3. The summed E-state index contributed by atoms with van der Waals surface area (Å²) >= 11 is 1.42. The lowest BCUT2D eigenvalue weighted by atomic mass is 9.78. The van der Waals surface area contributed by atoms with E-state index in [1.807, 2.05) is 6.92 Å². The molecule has 3 nitrogen and oxygen atoms in total. The van der Waals surface area contributed by atoms with Gasteiger partial charge < -0.3 is 10.0 Å². The largest absolute Gasteiger partial charge is 0.477 e. The predicted octanol–water partition coefficient (Wildman–Crippen LogP) is 4.42. The Morgan fingerprint density at radius 3 is 2.73 bits per heavy atom. The maximum Gasteiger partial charge on any atom is 0.346 e. The van der Waals surface area contributed by atoms with E-state index < -0.39 is 5.97 Å². The van der Waals surface area contributed by atoms with E-state index in [4.69, 9.17) is 0 Å². The third kappa shape index (κ3) is 3.13. The average molecular weight is 319 g/mol. The van der Waals surface area contributed by atoms with Gasteiger partial charge in [0.15, 0.2) is 0 Å². The fourth-order valence-corrected chi connectivity index (χ4v) is 4.84. The maximum absolute atomic E-state index is 11.6. The number of carboxylic acid groups (broad SMARTS) is 1. The summed E-state index contributed by atoms with van der Waals surface area (Å²) in [7, 11) is 2.18. The molecule has 0 bridgehead atoms. The number of hydrogen-bond acceptors (Lipinski definition) is 3. The molecule has 1 aromatic rings. The van der Waals surface area contributed by atoms with Crippen LogP contribution in [0.3, 0.4) is 0 Å². The summed E-state index contributed by atoms with van der Waals surface area (Å²) < 4.78 is 0. The van der Waals surface area contributed by atoms with Gasteiger partial charge in [0.2, 0.25) is 0 Å². The van der Waals surface area contributed by atoms with Gasteiger partial charge in [-0.15, -0.1) is 11.3 Å². The van der Waals surface area contributed by atoms with E-state index in [1.54, 1.807) is 0 Å². The first kappa shape index (κ1) is 15.8. The third-order valence-corrected chi connectivity index (χ3v) is 6.08. The Balaban J connectivity index is 2.05. The van der Waals surface area contributed by atoms with Crippen LogP contribution in [0.2, 0.25) is 0 Å². The minimum atomic E-state index is -0.775. The summed E-state index contributed by atoms with van der Waals surface area (Å²) in [4.78, 5) is 15.6. The van der Waals surface area contributed by atoms with E-state index >= 15 is 0 Å². The van der Waals surface area contributed by atoms with Crippen LogP contribution in [0.1, 0.15) is 58.6 Å². The topological polar surface area (TPSA) is 40.5 Å². The van der Waals surface area contributed by atoms with Crippen LogP contribution < -0.4 is 0 Å². The Morgan fingerprint density at radius 2 is 2.05 bits per heavy atom. The van der Waals surface area contributed by atoms with Gasteiger partial charge in [-0.2, -0.15) is 0 Å². The molecule has 1 N–H and O–H groups in total. The highest BCUT2D eigenvalue weighted by Crippen LogP contribution is 2.40. The van der Waals surface area contributed by atoms with Crippen molar-refractivity contribution in [3.05, 3.63) is 27.0 Å². The molecular formula is C18H25NO2S. The molecule has 1 aromatic heterocycles. The summed E-state index contributed by atoms with van der Waals surface area (Å²) in [6.45, 7) is 4.05. The van der Waals surface area contributed by atoms with Crippen LogP contribution in [0.15, 0.2) is 11.6 Å². The van der Waals surface area contributed by atoms with E-state index in [0.717, 1.165) is 30.0 Å². The van der Waals surface area contributed by atoms with E-state index in [1.165, 1.54) is 54.6 Å². The molecule has 1 fully saturated rings. The van der Waals surface area contributed by atoms with Crippen molar-refractivity contribution in [2.45, 2.75) is 45.4 Å². The number of aryl methyl sites for hydroxylation is 1. The molecule has 2 aliphatic rings. The van der Waals surface area contributed by atoms with Crippen molar-refractivity contribution in [2.24, 2.45) is 5.92 Å². The molecule has 0 amide bonds.